The third-order valence-corrected chi connectivity index (χ3v) is 2.27. The van der Waals surface area contributed by atoms with Gasteiger partial charge in [0.15, 0.2) is 0 Å². The van der Waals surface area contributed by atoms with Gasteiger partial charge >= 0.3 is 0 Å². The van der Waals surface area contributed by atoms with Gasteiger partial charge in [-0.25, -0.2) is 0 Å². The van der Waals surface area contributed by atoms with E-state index in [9.17, 15) is 0 Å². The molecular weight excluding hydrogens is 162 g/mol. The molecule has 0 aliphatic heterocycles. The molecule has 2 aromatic heterocycles. The smallest absolute Gasteiger partial charge is 0.0661 e. The minimum Gasteiger partial charge on any atom is -0.350 e. The van der Waals surface area contributed by atoms with Crippen molar-refractivity contribution in [3.63, 3.8) is 0 Å². The average molecular weight is 175 g/mol. The van der Waals surface area contributed by atoms with Crippen LogP contribution in [0.2, 0.25) is 0 Å². The van der Waals surface area contributed by atoms with E-state index in [1.807, 2.05) is 26.2 Å². The largest absolute Gasteiger partial charge is 0.350 e. The average Bonchev–Trinajstić information content (AvgIpc) is 2.48. The van der Waals surface area contributed by atoms with Crippen molar-refractivity contribution in [1.29, 1.82) is 0 Å². The van der Waals surface area contributed by atoms with E-state index < -0.39 is 0 Å². The van der Waals surface area contributed by atoms with E-state index in [2.05, 4.69) is 15.6 Å². The minimum atomic E-state index is -0.00824. The zero-order valence-electron chi connectivity index (χ0n) is 7.86. The highest BCUT2D eigenvalue weighted by Crippen LogP contribution is 2.20. The maximum atomic E-state index is 5.82. The van der Waals surface area contributed by atoms with Gasteiger partial charge in [0, 0.05) is 30.9 Å². The quantitative estimate of drug-likeness (QED) is 0.715. The first kappa shape index (κ1) is 8.26. The number of hydrogen-bond acceptors (Lipinski definition) is 2. The molecule has 0 aromatic carbocycles. The van der Waals surface area contributed by atoms with Crippen molar-refractivity contribution in [2.24, 2.45) is 12.8 Å². The number of aryl methyl sites for hydroxylation is 1. The van der Waals surface area contributed by atoms with Gasteiger partial charge in [0.1, 0.15) is 0 Å². The molecule has 0 saturated carbocycles. The number of nitrogens with two attached hydrogens (primary N) is 1. The summed E-state index contributed by atoms with van der Waals surface area (Å²) >= 11 is 0. The predicted octanol–water partition coefficient (Wildman–Crippen LogP) is 1.59. The lowest BCUT2D eigenvalue weighted by Gasteiger charge is -2.05. The molecule has 0 bridgehead atoms. The number of hydrogen-bond donors (Lipinski definition) is 1. The lowest BCUT2D eigenvalue weighted by atomic mass is 10.1. The molecule has 2 N–H and O–H groups in total. The Kier molecular flexibility index (Phi) is 1.81. The molecule has 0 aliphatic rings. The minimum absolute atomic E-state index is 0.00824. The van der Waals surface area contributed by atoms with E-state index in [1.54, 1.807) is 6.20 Å². The zero-order chi connectivity index (χ0) is 9.42. The van der Waals surface area contributed by atoms with Gasteiger partial charge in [-0.1, -0.05) is 0 Å². The van der Waals surface area contributed by atoms with Gasteiger partial charge in [-0.3, -0.25) is 4.98 Å². The molecule has 0 amide bonds. The first-order valence-electron chi connectivity index (χ1n) is 4.35. The van der Waals surface area contributed by atoms with Crippen molar-refractivity contribution in [1.82, 2.24) is 9.55 Å². The van der Waals surface area contributed by atoms with Crippen LogP contribution in [-0.2, 0) is 7.05 Å². The number of aromatic nitrogens is 2. The van der Waals surface area contributed by atoms with Crippen molar-refractivity contribution in [2.75, 3.05) is 0 Å². The zero-order valence-corrected chi connectivity index (χ0v) is 7.86. The Morgan fingerprint density at radius 2 is 2.23 bits per heavy atom. The fraction of sp³-hybridized carbons (Fsp3) is 0.300. The third kappa shape index (κ3) is 1.21. The van der Waals surface area contributed by atoms with Crippen LogP contribution in [0.5, 0.6) is 0 Å². The van der Waals surface area contributed by atoms with E-state index in [-0.39, 0.29) is 6.04 Å². The molecule has 13 heavy (non-hydrogen) atoms. The molecule has 0 radical (unpaired) electrons. The normalized spacial score (nSPS) is 13.5. The summed E-state index contributed by atoms with van der Waals surface area (Å²) in [5.41, 5.74) is 7.97. The van der Waals surface area contributed by atoms with Crippen molar-refractivity contribution < 1.29 is 0 Å². The maximum Gasteiger partial charge on any atom is 0.0661 e. The Balaban J connectivity index is 2.77. The molecule has 0 aliphatic carbocycles. The van der Waals surface area contributed by atoms with Crippen LogP contribution in [0.4, 0.5) is 0 Å². The van der Waals surface area contributed by atoms with Crippen LogP contribution in [0.15, 0.2) is 24.5 Å². The topological polar surface area (TPSA) is 43.8 Å². The van der Waals surface area contributed by atoms with Gasteiger partial charge in [0.2, 0.25) is 0 Å². The van der Waals surface area contributed by atoms with Gasteiger partial charge in [0.05, 0.1) is 11.2 Å². The van der Waals surface area contributed by atoms with Crippen molar-refractivity contribution >= 4 is 10.9 Å². The molecule has 68 valence electrons. The van der Waals surface area contributed by atoms with E-state index in [4.69, 9.17) is 5.73 Å². The van der Waals surface area contributed by atoms with E-state index >= 15 is 0 Å². The molecule has 2 rings (SSSR count). The van der Waals surface area contributed by atoms with E-state index in [0.29, 0.717) is 0 Å². The standard InChI is InChI=1S/C10H13N3/c1-7(11)10-8-4-6-13(2)9(8)3-5-12-10/h3-7H,11H2,1-2H3. The Bertz CT molecular complexity index is 429. The van der Waals surface area contributed by atoms with Gasteiger partial charge in [-0.2, -0.15) is 0 Å². The number of nitrogens with zero attached hydrogens (tertiary/aromatic N) is 2. The summed E-state index contributed by atoms with van der Waals surface area (Å²) in [5, 5.41) is 1.15. The molecule has 0 fully saturated rings. The van der Waals surface area contributed by atoms with E-state index in [1.165, 1.54) is 5.52 Å². The van der Waals surface area contributed by atoms with Crippen molar-refractivity contribution in [2.45, 2.75) is 13.0 Å². The SMILES string of the molecule is CC(N)c1nccc2c1ccn2C. The van der Waals surface area contributed by atoms with Crippen LogP contribution in [0, 0.1) is 0 Å². The van der Waals surface area contributed by atoms with Gasteiger partial charge < -0.3 is 10.3 Å². The first-order valence-corrected chi connectivity index (χ1v) is 4.35. The summed E-state index contributed by atoms with van der Waals surface area (Å²) in [4.78, 5) is 4.28. The Morgan fingerprint density at radius 3 is 2.92 bits per heavy atom. The van der Waals surface area contributed by atoms with E-state index in [0.717, 1.165) is 11.1 Å². The molecule has 2 heterocycles. The third-order valence-electron chi connectivity index (χ3n) is 2.27. The summed E-state index contributed by atoms with van der Waals surface area (Å²) in [6.45, 7) is 1.95. The maximum absolute atomic E-state index is 5.82. The van der Waals surface area contributed by atoms with Crippen LogP contribution in [-0.4, -0.2) is 9.55 Å². The van der Waals surface area contributed by atoms with Crippen LogP contribution in [0.1, 0.15) is 18.7 Å². The second-order valence-corrected chi connectivity index (χ2v) is 3.34. The Hall–Kier alpha value is -1.35. The second kappa shape index (κ2) is 2.85. The summed E-state index contributed by atoms with van der Waals surface area (Å²) < 4.78 is 2.07. The fourth-order valence-electron chi connectivity index (χ4n) is 1.59. The molecule has 3 heteroatoms. The molecule has 3 nitrogen and oxygen atoms in total. The summed E-state index contributed by atoms with van der Waals surface area (Å²) in [7, 11) is 2.02. The Labute approximate surface area is 77.2 Å². The monoisotopic (exact) mass is 175 g/mol. The highest BCUT2D eigenvalue weighted by atomic mass is 14.9. The second-order valence-electron chi connectivity index (χ2n) is 3.34. The lowest BCUT2D eigenvalue weighted by molar-refractivity contribution is 0.791. The van der Waals surface area contributed by atoms with Crippen molar-refractivity contribution in [3.8, 4) is 0 Å². The summed E-state index contributed by atoms with van der Waals surface area (Å²) in [5.74, 6) is 0. The Morgan fingerprint density at radius 1 is 1.46 bits per heavy atom. The van der Waals surface area contributed by atoms with Crippen LogP contribution in [0.25, 0.3) is 10.9 Å². The molecule has 1 atom stereocenters. The van der Waals surface area contributed by atoms with Gasteiger partial charge in [-0.15, -0.1) is 0 Å². The van der Waals surface area contributed by atoms with Crippen LogP contribution in [0.3, 0.4) is 0 Å². The number of pyridine rings is 1. The number of rotatable bonds is 1. The van der Waals surface area contributed by atoms with Crippen molar-refractivity contribution in [3.05, 3.63) is 30.2 Å². The number of fused-ring (bicyclic) bond motifs is 1. The highest BCUT2D eigenvalue weighted by molar-refractivity contribution is 5.82. The fourth-order valence-corrected chi connectivity index (χ4v) is 1.59. The molecule has 0 spiro atoms. The van der Waals surface area contributed by atoms with Gasteiger partial charge in [-0.05, 0) is 19.1 Å². The molecule has 1 unspecified atom stereocenters. The van der Waals surface area contributed by atoms with Crippen LogP contribution >= 0.6 is 0 Å². The molecular formula is C10H13N3. The molecule has 0 saturated heterocycles. The first-order chi connectivity index (χ1) is 6.20. The van der Waals surface area contributed by atoms with Crippen LogP contribution < -0.4 is 5.73 Å². The summed E-state index contributed by atoms with van der Waals surface area (Å²) in [6.07, 6.45) is 3.83. The summed E-state index contributed by atoms with van der Waals surface area (Å²) in [6, 6.07) is 4.05. The van der Waals surface area contributed by atoms with Gasteiger partial charge in [0.25, 0.3) is 0 Å². The predicted molar refractivity (Wildman–Crippen MR) is 53.3 cm³/mol. The highest BCUT2D eigenvalue weighted by Gasteiger charge is 2.07. The lowest BCUT2D eigenvalue weighted by Crippen LogP contribution is -2.07. The molecule has 2 aromatic rings.